The number of amides is 1. The first-order chi connectivity index (χ1) is 11.1. The van der Waals surface area contributed by atoms with Crippen LogP contribution in [0.15, 0.2) is 4.79 Å². The number of aromatic nitrogens is 2. The summed E-state index contributed by atoms with van der Waals surface area (Å²) in [4.78, 5) is 35.5. The van der Waals surface area contributed by atoms with E-state index in [0.29, 0.717) is 18.0 Å². The molecule has 124 valence electrons. The highest BCUT2D eigenvalue weighted by Crippen LogP contribution is 2.34. The molecule has 3 rings (SSSR count). The van der Waals surface area contributed by atoms with E-state index >= 15 is 0 Å². The Bertz CT molecular complexity index is 781. The minimum atomic E-state index is -0.00760. The normalized spacial score (nSPS) is 13.5. The van der Waals surface area contributed by atoms with E-state index in [1.54, 1.807) is 28.0 Å². The van der Waals surface area contributed by atoms with Crippen molar-refractivity contribution in [1.29, 1.82) is 0 Å². The first-order valence-electron chi connectivity index (χ1n) is 7.95. The van der Waals surface area contributed by atoms with E-state index in [4.69, 9.17) is 0 Å². The molecule has 5 nitrogen and oxygen atoms in total. The topological polar surface area (TPSA) is 66.1 Å². The van der Waals surface area contributed by atoms with Crippen molar-refractivity contribution in [2.75, 3.05) is 19.3 Å². The van der Waals surface area contributed by atoms with Crippen molar-refractivity contribution in [3.8, 4) is 0 Å². The van der Waals surface area contributed by atoms with Gasteiger partial charge in [-0.3, -0.25) is 9.59 Å². The molecule has 0 bridgehead atoms. The van der Waals surface area contributed by atoms with Gasteiger partial charge < -0.3 is 9.88 Å². The van der Waals surface area contributed by atoms with Crippen LogP contribution in [0.2, 0.25) is 0 Å². The van der Waals surface area contributed by atoms with Gasteiger partial charge in [-0.1, -0.05) is 0 Å². The number of thiophene rings is 1. The van der Waals surface area contributed by atoms with Crippen LogP contribution in [0.25, 0.3) is 10.2 Å². The van der Waals surface area contributed by atoms with Crippen LogP contribution < -0.4 is 5.56 Å². The van der Waals surface area contributed by atoms with Crippen LogP contribution in [0.3, 0.4) is 0 Å². The van der Waals surface area contributed by atoms with Gasteiger partial charge in [0, 0.05) is 30.6 Å². The minimum absolute atomic E-state index is 0.00760. The summed E-state index contributed by atoms with van der Waals surface area (Å²) in [5.41, 5.74) is 1.21. The molecular formula is C16H21N3O2S2. The minimum Gasteiger partial charge on any atom is -0.346 e. The molecular weight excluding hydrogens is 330 g/mol. The highest BCUT2D eigenvalue weighted by Gasteiger charge is 2.21. The Morgan fingerprint density at radius 3 is 3.04 bits per heavy atom. The van der Waals surface area contributed by atoms with Crippen LogP contribution in [0.1, 0.15) is 36.0 Å². The van der Waals surface area contributed by atoms with Crippen molar-refractivity contribution in [3.05, 3.63) is 26.6 Å². The van der Waals surface area contributed by atoms with Gasteiger partial charge in [0.05, 0.1) is 11.1 Å². The molecule has 0 aliphatic heterocycles. The van der Waals surface area contributed by atoms with Crippen LogP contribution in [0.4, 0.5) is 0 Å². The van der Waals surface area contributed by atoms with Gasteiger partial charge in [-0.2, -0.15) is 11.8 Å². The van der Waals surface area contributed by atoms with Crippen LogP contribution in [0.5, 0.6) is 0 Å². The van der Waals surface area contributed by atoms with Gasteiger partial charge in [0.25, 0.3) is 5.56 Å². The number of H-pyrrole nitrogens is 1. The molecule has 0 atom stereocenters. The van der Waals surface area contributed by atoms with Gasteiger partial charge in [-0.15, -0.1) is 11.3 Å². The maximum Gasteiger partial charge on any atom is 0.259 e. The van der Waals surface area contributed by atoms with E-state index in [-0.39, 0.29) is 11.5 Å². The van der Waals surface area contributed by atoms with Crippen molar-refractivity contribution in [3.63, 3.8) is 0 Å². The Hall–Kier alpha value is -1.34. The molecule has 1 amide bonds. The molecule has 0 spiro atoms. The number of fused-ring (bicyclic) bond motifs is 3. The SMILES string of the molecule is CCN(C)C(=O)CCSCc1nc2sc3c(c2c(=O)[nH]1)CCC3. The Labute approximate surface area is 143 Å². The summed E-state index contributed by atoms with van der Waals surface area (Å²) in [7, 11) is 1.82. The molecule has 2 aromatic heterocycles. The molecule has 0 saturated heterocycles. The number of carbonyl (C=O) groups is 1. The lowest BCUT2D eigenvalue weighted by molar-refractivity contribution is -0.129. The van der Waals surface area contributed by atoms with Gasteiger partial charge in [0.1, 0.15) is 10.7 Å². The summed E-state index contributed by atoms with van der Waals surface area (Å²) in [6.45, 7) is 2.70. The van der Waals surface area contributed by atoms with E-state index in [2.05, 4.69) is 9.97 Å². The van der Waals surface area contributed by atoms with E-state index in [9.17, 15) is 9.59 Å². The molecule has 1 N–H and O–H groups in total. The summed E-state index contributed by atoms with van der Waals surface area (Å²) in [5, 5.41) is 0.802. The first kappa shape index (κ1) is 16.5. The molecule has 0 aromatic carbocycles. The zero-order valence-corrected chi connectivity index (χ0v) is 15.1. The van der Waals surface area contributed by atoms with E-state index in [1.165, 1.54) is 10.4 Å². The molecule has 2 aromatic rings. The van der Waals surface area contributed by atoms with Crippen molar-refractivity contribution >= 4 is 39.2 Å². The summed E-state index contributed by atoms with van der Waals surface area (Å²) >= 11 is 3.30. The number of aromatic amines is 1. The molecule has 0 radical (unpaired) electrons. The second-order valence-corrected chi connectivity index (χ2v) is 7.95. The Kier molecular flexibility index (Phi) is 5.06. The monoisotopic (exact) mass is 351 g/mol. The van der Waals surface area contributed by atoms with E-state index in [0.717, 1.165) is 41.8 Å². The second-order valence-electron chi connectivity index (χ2n) is 5.76. The maximum absolute atomic E-state index is 12.3. The van der Waals surface area contributed by atoms with Crippen molar-refractivity contribution in [2.45, 2.75) is 38.4 Å². The van der Waals surface area contributed by atoms with Crippen LogP contribution in [0, 0.1) is 0 Å². The largest absolute Gasteiger partial charge is 0.346 e. The number of nitrogens with one attached hydrogen (secondary N) is 1. The molecule has 2 heterocycles. The smallest absolute Gasteiger partial charge is 0.259 e. The lowest BCUT2D eigenvalue weighted by Gasteiger charge is -2.13. The fraction of sp³-hybridized carbons (Fsp3) is 0.562. The van der Waals surface area contributed by atoms with Crippen molar-refractivity contribution < 1.29 is 4.79 Å². The molecule has 1 aliphatic rings. The fourth-order valence-corrected chi connectivity index (χ4v) is 4.89. The van der Waals surface area contributed by atoms with Crippen LogP contribution in [-0.2, 0) is 23.4 Å². The summed E-state index contributed by atoms with van der Waals surface area (Å²) < 4.78 is 0. The van der Waals surface area contributed by atoms with Gasteiger partial charge >= 0.3 is 0 Å². The number of aryl methyl sites for hydroxylation is 2. The third-order valence-electron chi connectivity index (χ3n) is 4.22. The Balaban J connectivity index is 1.63. The number of thioether (sulfide) groups is 1. The lowest BCUT2D eigenvalue weighted by Crippen LogP contribution is -2.26. The summed E-state index contributed by atoms with van der Waals surface area (Å²) in [5.74, 6) is 2.25. The third kappa shape index (κ3) is 3.45. The Morgan fingerprint density at radius 1 is 1.43 bits per heavy atom. The average Bonchev–Trinajstić information content (AvgIpc) is 3.10. The number of rotatable bonds is 6. The molecule has 1 aliphatic carbocycles. The van der Waals surface area contributed by atoms with Gasteiger partial charge in [0.2, 0.25) is 5.91 Å². The van der Waals surface area contributed by atoms with Crippen LogP contribution in [-0.4, -0.2) is 40.1 Å². The number of nitrogens with zero attached hydrogens (tertiary/aromatic N) is 2. The molecule has 0 unspecified atom stereocenters. The summed E-state index contributed by atoms with van der Waals surface area (Å²) in [6, 6.07) is 0. The highest BCUT2D eigenvalue weighted by molar-refractivity contribution is 7.98. The number of carbonyl (C=O) groups excluding carboxylic acids is 1. The fourth-order valence-electron chi connectivity index (χ4n) is 2.81. The van der Waals surface area contributed by atoms with E-state index in [1.807, 2.05) is 14.0 Å². The predicted molar refractivity (Wildman–Crippen MR) is 96.4 cm³/mol. The second kappa shape index (κ2) is 7.05. The predicted octanol–water partition coefficient (Wildman–Crippen LogP) is 2.57. The Morgan fingerprint density at radius 2 is 2.26 bits per heavy atom. The summed E-state index contributed by atoms with van der Waals surface area (Å²) in [6.07, 6.45) is 3.75. The highest BCUT2D eigenvalue weighted by atomic mass is 32.2. The maximum atomic E-state index is 12.3. The number of hydrogen-bond acceptors (Lipinski definition) is 5. The van der Waals surface area contributed by atoms with Crippen LogP contribution >= 0.6 is 23.1 Å². The zero-order valence-electron chi connectivity index (χ0n) is 13.5. The molecule has 7 heteroatoms. The van der Waals surface area contributed by atoms with Gasteiger partial charge in [-0.05, 0) is 31.7 Å². The number of hydrogen-bond donors (Lipinski definition) is 1. The zero-order chi connectivity index (χ0) is 16.4. The molecule has 0 fully saturated rings. The third-order valence-corrected chi connectivity index (χ3v) is 6.38. The lowest BCUT2D eigenvalue weighted by atomic mass is 10.2. The van der Waals surface area contributed by atoms with Crippen molar-refractivity contribution in [1.82, 2.24) is 14.9 Å². The van der Waals surface area contributed by atoms with Crippen molar-refractivity contribution in [2.24, 2.45) is 0 Å². The average molecular weight is 351 g/mol. The first-order valence-corrected chi connectivity index (χ1v) is 9.92. The molecule has 0 saturated carbocycles. The van der Waals surface area contributed by atoms with Gasteiger partial charge in [0.15, 0.2) is 0 Å². The standard InChI is InChI=1S/C16H21N3O2S2/c1-3-19(2)13(20)7-8-22-9-12-17-15(21)14-10-5-4-6-11(10)23-16(14)18-12/h3-9H2,1-2H3,(H,17,18,21). The van der Waals surface area contributed by atoms with E-state index < -0.39 is 0 Å². The quantitative estimate of drug-likeness (QED) is 0.813. The van der Waals surface area contributed by atoms with Gasteiger partial charge in [-0.25, -0.2) is 4.98 Å². The molecule has 23 heavy (non-hydrogen) atoms.